The largest absolute Gasteiger partial charge is 0.481 e. The molecule has 40 heavy (non-hydrogen) atoms. The van der Waals surface area contributed by atoms with E-state index in [0.717, 1.165) is 16.5 Å². The van der Waals surface area contributed by atoms with Gasteiger partial charge in [0.05, 0.1) is 6.04 Å². The lowest BCUT2D eigenvalue weighted by Crippen LogP contribution is -2.57. The average molecular weight is 561 g/mol. The van der Waals surface area contributed by atoms with Crippen LogP contribution in [0.4, 0.5) is 0 Å². The molecule has 0 radical (unpaired) electrons. The van der Waals surface area contributed by atoms with Crippen LogP contribution in [0.1, 0.15) is 38.2 Å². The van der Waals surface area contributed by atoms with Gasteiger partial charge in [0.2, 0.25) is 17.7 Å². The number of carboxylic acid groups (broad SMARTS) is 2. The number of carboxylic acids is 2. The Kier molecular flexibility index (Phi) is 11.9. The van der Waals surface area contributed by atoms with Crippen molar-refractivity contribution in [2.45, 2.75) is 63.2 Å². The second-order valence-corrected chi connectivity index (χ2v) is 9.24. The van der Waals surface area contributed by atoms with E-state index in [0.29, 0.717) is 0 Å². The Hall–Kier alpha value is -4.66. The number of H-pyrrole nitrogens is 1. The van der Waals surface area contributed by atoms with E-state index in [4.69, 9.17) is 27.4 Å². The molecular formula is C25H36N8O7. The Morgan fingerprint density at radius 2 is 1.57 bits per heavy atom. The summed E-state index contributed by atoms with van der Waals surface area (Å²) in [6.07, 6.45) is 1.48. The number of aliphatic carboxylic acids is 2. The zero-order valence-electron chi connectivity index (χ0n) is 22.1. The SMILES string of the molecule is CC(NC(=O)C(CCC(=O)O)NC(=O)C(CCCN=C(N)N)NC(=O)C(N)Cc1c[nH]c2ccccc12)C(=O)O. The molecule has 0 aliphatic rings. The first-order chi connectivity index (χ1) is 18.9. The average Bonchev–Trinajstić information content (AvgIpc) is 3.30. The van der Waals surface area contributed by atoms with Crippen LogP contribution in [0, 0.1) is 0 Å². The lowest BCUT2D eigenvalue weighted by Gasteiger charge is -2.24. The molecule has 0 aliphatic heterocycles. The van der Waals surface area contributed by atoms with Crippen LogP contribution in [0.5, 0.6) is 0 Å². The van der Waals surface area contributed by atoms with Gasteiger partial charge in [-0.15, -0.1) is 0 Å². The fourth-order valence-electron chi connectivity index (χ4n) is 3.87. The van der Waals surface area contributed by atoms with Crippen molar-refractivity contribution in [2.75, 3.05) is 6.54 Å². The molecule has 0 bridgehead atoms. The predicted octanol–water partition coefficient (Wildman–Crippen LogP) is -1.48. The van der Waals surface area contributed by atoms with Gasteiger partial charge < -0.3 is 48.3 Å². The Morgan fingerprint density at radius 3 is 2.23 bits per heavy atom. The summed E-state index contributed by atoms with van der Waals surface area (Å²) in [5.41, 5.74) is 18.5. The minimum atomic E-state index is -1.37. The van der Waals surface area contributed by atoms with E-state index in [9.17, 15) is 24.0 Å². The summed E-state index contributed by atoms with van der Waals surface area (Å²) in [7, 11) is 0. The lowest BCUT2D eigenvalue weighted by atomic mass is 10.0. The van der Waals surface area contributed by atoms with Gasteiger partial charge in [-0.3, -0.25) is 29.0 Å². The Labute approximate surface area is 229 Å². The number of hydrogen-bond donors (Lipinski definition) is 9. The summed E-state index contributed by atoms with van der Waals surface area (Å²) in [4.78, 5) is 68.0. The van der Waals surface area contributed by atoms with E-state index in [1.54, 1.807) is 6.20 Å². The number of benzene rings is 1. The Balaban J connectivity index is 2.16. The van der Waals surface area contributed by atoms with Crippen molar-refractivity contribution in [1.82, 2.24) is 20.9 Å². The predicted molar refractivity (Wildman–Crippen MR) is 146 cm³/mol. The molecule has 4 atom stereocenters. The number of hydrogen-bond acceptors (Lipinski definition) is 7. The highest BCUT2D eigenvalue weighted by Gasteiger charge is 2.29. The van der Waals surface area contributed by atoms with Crippen molar-refractivity contribution < 1.29 is 34.2 Å². The number of nitrogens with zero attached hydrogens (tertiary/aromatic N) is 1. The molecule has 0 spiro atoms. The van der Waals surface area contributed by atoms with E-state index < -0.39 is 60.2 Å². The third kappa shape index (κ3) is 9.90. The second kappa shape index (κ2) is 15.1. The molecule has 0 aliphatic carbocycles. The molecule has 1 heterocycles. The van der Waals surface area contributed by atoms with E-state index in [-0.39, 0.29) is 38.2 Å². The molecule has 3 amide bonds. The molecule has 15 heteroatoms. The van der Waals surface area contributed by atoms with Crippen molar-refractivity contribution in [1.29, 1.82) is 0 Å². The van der Waals surface area contributed by atoms with Crippen LogP contribution in [0.15, 0.2) is 35.5 Å². The second-order valence-electron chi connectivity index (χ2n) is 9.24. The maximum absolute atomic E-state index is 13.2. The number of carbonyl (C=O) groups excluding carboxylic acids is 3. The van der Waals surface area contributed by atoms with Gasteiger partial charge in [0.25, 0.3) is 0 Å². The lowest BCUT2D eigenvalue weighted by molar-refractivity contribution is -0.142. The van der Waals surface area contributed by atoms with Crippen molar-refractivity contribution in [2.24, 2.45) is 22.2 Å². The maximum Gasteiger partial charge on any atom is 0.325 e. The summed E-state index contributed by atoms with van der Waals surface area (Å²) >= 11 is 0. The van der Waals surface area contributed by atoms with Crippen LogP contribution in [-0.4, -0.2) is 81.5 Å². The molecule has 12 N–H and O–H groups in total. The minimum absolute atomic E-state index is 0.0625. The molecule has 1 aromatic carbocycles. The minimum Gasteiger partial charge on any atom is -0.481 e. The maximum atomic E-state index is 13.2. The summed E-state index contributed by atoms with van der Waals surface area (Å²) in [5, 5.41) is 26.3. The van der Waals surface area contributed by atoms with Gasteiger partial charge in [-0.05, 0) is 44.2 Å². The number of aromatic amines is 1. The molecule has 2 rings (SSSR count). The standard InChI is InChI=1S/C25H36N8O7/c1-13(24(39)40)31-22(37)19(8-9-20(34)35)33-23(38)18(7-4-10-29-25(27)28)32-21(36)16(26)11-14-12-30-17-6-3-2-5-15(14)17/h2-3,5-6,12-13,16,18-19,30H,4,7-11,26H2,1H3,(H,31,37)(H,32,36)(H,33,38)(H,34,35)(H,39,40)(H4,27,28,29). The smallest absolute Gasteiger partial charge is 0.325 e. The van der Waals surface area contributed by atoms with Gasteiger partial charge in [-0.1, -0.05) is 18.2 Å². The van der Waals surface area contributed by atoms with Crippen molar-refractivity contribution in [3.8, 4) is 0 Å². The van der Waals surface area contributed by atoms with E-state index >= 15 is 0 Å². The number of aliphatic imine (C=N–C) groups is 1. The number of amides is 3. The van der Waals surface area contributed by atoms with E-state index in [1.807, 2.05) is 24.3 Å². The van der Waals surface area contributed by atoms with Crippen molar-refractivity contribution in [3.63, 3.8) is 0 Å². The van der Waals surface area contributed by atoms with Gasteiger partial charge in [0.1, 0.15) is 18.1 Å². The first-order valence-corrected chi connectivity index (χ1v) is 12.6. The molecule has 0 saturated carbocycles. The number of nitrogens with one attached hydrogen (secondary N) is 4. The third-order valence-electron chi connectivity index (χ3n) is 6.04. The van der Waals surface area contributed by atoms with Gasteiger partial charge in [-0.2, -0.15) is 0 Å². The monoisotopic (exact) mass is 560 g/mol. The zero-order valence-corrected chi connectivity index (χ0v) is 22.1. The van der Waals surface area contributed by atoms with Crippen LogP contribution < -0.4 is 33.2 Å². The van der Waals surface area contributed by atoms with E-state index in [1.165, 1.54) is 6.92 Å². The normalized spacial score (nSPS) is 13.8. The fourth-order valence-corrected chi connectivity index (χ4v) is 3.87. The van der Waals surface area contributed by atoms with Gasteiger partial charge in [0, 0.05) is 30.1 Å². The first-order valence-electron chi connectivity index (χ1n) is 12.6. The summed E-state index contributed by atoms with van der Waals surface area (Å²) < 4.78 is 0. The number of fused-ring (bicyclic) bond motifs is 1. The highest BCUT2D eigenvalue weighted by atomic mass is 16.4. The number of guanidine groups is 1. The number of rotatable bonds is 16. The van der Waals surface area contributed by atoms with Gasteiger partial charge in [-0.25, -0.2) is 0 Å². The first kappa shape index (κ1) is 31.6. The summed E-state index contributed by atoms with van der Waals surface area (Å²) in [6.45, 7) is 1.38. The third-order valence-corrected chi connectivity index (χ3v) is 6.04. The zero-order chi connectivity index (χ0) is 29.8. The highest BCUT2D eigenvalue weighted by molar-refractivity contribution is 5.94. The molecule has 4 unspecified atom stereocenters. The molecule has 1 aromatic heterocycles. The van der Waals surface area contributed by atoms with Crippen LogP contribution in [-0.2, 0) is 30.4 Å². The Bertz CT molecular complexity index is 1240. The van der Waals surface area contributed by atoms with Crippen molar-refractivity contribution in [3.05, 3.63) is 36.0 Å². The number of nitrogens with two attached hydrogens (primary N) is 3. The molecular weight excluding hydrogens is 524 g/mol. The number of carbonyl (C=O) groups is 5. The molecule has 218 valence electrons. The highest BCUT2D eigenvalue weighted by Crippen LogP contribution is 2.19. The molecule has 0 saturated heterocycles. The number of para-hydroxylation sites is 1. The molecule has 2 aromatic rings. The van der Waals surface area contributed by atoms with Crippen LogP contribution in [0.3, 0.4) is 0 Å². The van der Waals surface area contributed by atoms with Crippen LogP contribution >= 0.6 is 0 Å². The quantitative estimate of drug-likeness (QED) is 0.0652. The van der Waals surface area contributed by atoms with Gasteiger partial charge >= 0.3 is 11.9 Å². The van der Waals surface area contributed by atoms with E-state index in [2.05, 4.69) is 25.9 Å². The van der Waals surface area contributed by atoms with Crippen LogP contribution in [0.25, 0.3) is 10.9 Å². The summed E-state index contributed by atoms with van der Waals surface area (Å²) in [6, 6.07) is 2.65. The van der Waals surface area contributed by atoms with Crippen molar-refractivity contribution >= 4 is 46.5 Å². The summed E-state index contributed by atoms with van der Waals surface area (Å²) in [5.74, 6) is -4.98. The van der Waals surface area contributed by atoms with Gasteiger partial charge in [0.15, 0.2) is 5.96 Å². The number of aromatic nitrogens is 1. The molecule has 15 nitrogen and oxygen atoms in total. The fraction of sp³-hybridized carbons (Fsp3) is 0.440. The molecule has 0 fully saturated rings. The topological polar surface area (TPSA) is 268 Å². The Morgan fingerprint density at radius 1 is 0.950 bits per heavy atom. The van der Waals surface area contributed by atoms with Crippen LogP contribution in [0.2, 0.25) is 0 Å².